The minimum atomic E-state index is -0.757. The quantitative estimate of drug-likeness (QED) is 0.520. The maximum absolute atomic E-state index is 12.0. The highest BCUT2D eigenvalue weighted by molar-refractivity contribution is 5.92. The molecule has 4 N–H and O–H groups in total. The summed E-state index contributed by atoms with van der Waals surface area (Å²) in [6.45, 7) is 1.78. The van der Waals surface area contributed by atoms with Crippen molar-refractivity contribution in [3.63, 3.8) is 0 Å². The van der Waals surface area contributed by atoms with E-state index < -0.39 is 6.03 Å². The van der Waals surface area contributed by atoms with Gasteiger partial charge in [-0.1, -0.05) is 12.1 Å². The number of nitrogens with one attached hydrogen (secondary N) is 2. The Labute approximate surface area is 151 Å². The first-order chi connectivity index (χ1) is 12.5. The molecule has 0 saturated carbocycles. The minimum Gasteiger partial charge on any atom is -0.493 e. The van der Waals surface area contributed by atoms with Crippen LogP contribution in [0.3, 0.4) is 0 Å². The zero-order valence-electron chi connectivity index (χ0n) is 14.5. The summed E-state index contributed by atoms with van der Waals surface area (Å²) in [5.74, 6) is 0.553. The van der Waals surface area contributed by atoms with Crippen molar-refractivity contribution in [2.45, 2.75) is 6.92 Å². The van der Waals surface area contributed by atoms with E-state index in [1.165, 1.54) is 13.3 Å². The van der Waals surface area contributed by atoms with E-state index in [0.29, 0.717) is 22.7 Å². The second-order valence-corrected chi connectivity index (χ2v) is 5.35. The SMILES string of the molecule is COc1cc(C=NNC(N)=O)ccc1OCC(=O)Nc1cccc(C)c1. The molecule has 0 aliphatic rings. The number of carbonyl (C=O) groups excluding carboxylic acids is 2. The number of urea groups is 1. The van der Waals surface area contributed by atoms with Gasteiger partial charge in [0.15, 0.2) is 18.1 Å². The minimum absolute atomic E-state index is 0.166. The molecule has 0 radical (unpaired) electrons. The van der Waals surface area contributed by atoms with Crippen molar-refractivity contribution in [1.29, 1.82) is 0 Å². The van der Waals surface area contributed by atoms with E-state index in [2.05, 4.69) is 15.8 Å². The Morgan fingerprint density at radius 1 is 1.19 bits per heavy atom. The van der Waals surface area contributed by atoms with Crippen molar-refractivity contribution in [2.75, 3.05) is 19.0 Å². The number of amides is 3. The van der Waals surface area contributed by atoms with Gasteiger partial charge in [0.25, 0.3) is 5.91 Å². The zero-order valence-corrected chi connectivity index (χ0v) is 14.5. The van der Waals surface area contributed by atoms with E-state index in [-0.39, 0.29) is 12.5 Å². The van der Waals surface area contributed by atoms with Crippen LogP contribution in [0.15, 0.2) is 47.6 Å². The molecule has 0 fully saturated rings. The molecule has 0 aliphatic carbocycles. The predicted molar refractivity (Wildman–Crippen MR) is 98.6 cm³/mol. The van der Waals surface area contributed by atoms with Crippen molar-refractivity contribution in [3.05, 3.63) is 53.6 Å². The van der Waals surface area contributed by atoms with Crippen LogP contribution in [0.1, 0.15) is 11.1 Å². The molecule has 0 atom stereocenters. The fraction of sp³-hybridized carbons (Fsp3) is 0.167. The van der Waals surface area contributed by atoms with Gasteiger partial charge in [0.2, 0.25) is 0 Å². The number of primary amides is 1. The number of hydrogen-bond acceptors (Lipinski definition) is 5. The van der Waals surface area contributed by atoms with Gasteiger partial charge >= 0.3 is 6.03 Å². The Balaban J connectivity index is 1.96. The number of aryl methyl sites for hydroxylation is 1. The van der Waals surface area contributed by atoms with E-state index in [1.54, 1.807) is 24.3 Å². The van der Waals surface area contributed by atoms with Gasteiger partial charge in [0.1, 0.15) is 0 Å². The van der Waals surface area contributed by atoms with Gasteiger partial charge in [-0.05, 0) is 48.4 Å². The molecule has 2 aromatic rings. The van der Waals surface area contributed by atoms with Gasteiger partial charge in [-0.3, -0.25) is 4.79 Å². The van der Waals surface area contributed by atoms with E-state index in [9.17, 15) is 9.59 Å². The number of hydrogen-bond donors (Lipinski definition) is 3. The number of carbonyl (C=O) groups is 2. The molecule has 3 amide bonds. The van der Waals surface area contributed by atoms with E-state index in [0.717, 1.165) is 5.56 Å². The lowest BCUT2D eigenvalue weighted by molar-refractivity contribution is -0.118. The number of methoxy groups -OCH3 is 1. The van der Waals surface area contributed by atoms with Crippen LogP contribution in [-0.4, -0.2) is 31.9 Å². The molecule has 26 heavy (non-hydrogen) atoms. The van der Waals surface area contributed by atoms with E-state index in [1.807, 2.05) is 25.1 Å². The second kappa shape index (κ2) is 9.07. The summed E-state index contributed by atoms with van der Waals surface area (Å²) in [7, 11) is 1.48. The molecule has 0 aromatic heterocycles. The van der Waals surface area contributed by atoms with Crippen molar-refractivity contribution in [2.24, 2.45) is 10.8 Å². The summed E-state index contributed by atoms with van der Waals surface area (Å²) < 4.78 is 10.8. The highest BCUT2D eigenvalue weighted by Crippen LogP contribution is 2.27. The molecule has 2 aromatic carbocycles. The number of ether oxygens (including phenoxy) is 2. The number of benzene rings is 2. The maximum Gasteiger partial charge on any atom is 0.332 e. The third kappa shape index (κ3) is 5.82. The van der Waals surface area contributed by atoms with Crippen molar-refractivity contribution >= 4 is 23.8 Å². The molecule has 0 heterocycles. The lowest BCUT2D eigenvalue weighted by Gasteiger charge is -2.11. The summed E-state index contributed by atoms with van der Waals surface area (Å²) in [6.07, 6.45) is 1.40. The fourth-order valence-corrected chi connectivity index (χ4v) is 2.12. The summed E-state index contributed by atoms with van der Waals surface area (Å²) >= 11 is 0. The number of nitrogens with zero attached hydrogens (tertiary/aromatic N) is 1. The molecule has 0 aliphatic heterocycles. The summed E-state index contributed by atoms with van der Waals surface area (Å²) in [4.78, 5) is 22.6. The fourth-order valence-electron chi connectivity index (χ4n) is 2.12. The van der Waals surface area contributed by atoms with Crippen molar-refractivity contribution < 1.29 is 19.1 Å². The topological polar surface area (TPSA) is 115 Å². The molecule has 0 saturated heterocycles. The van der Waals surface area contributed by atoms with Crippen molar-refractivity contribution in [1.82, 2.24) is 5.43 Å². The van der Waals surface area contributed by atoms with Gasteiger partial charge in [-0.2, -0.15) is 5.10 Å². The van der Waals surface area contributed by atoms with Gasteiger partial charge < -0.3 is 20.5 Å². The summed E-state index contributed by atoms with van der Waals surface area (Å²) in [5.41, 5.74) is 9.43. The smallest absolute Gasteiger partial charge is 0.332 e. The van der Waals surface area contributed by atoms with Gasteiger partial charge in [0.05, 0.1) is 13.3 Å². The Bertz CT molecular complexity index is 821. The van der Waals surface area contributed by atoms with Gasteiger partial charge in [0, 0.05) is 5.69 Å². The molecule has 136 valence electrons. The second-order valence-electron chi connectivity index (χ2n) is 5.35. The van der Waals surface area contributed by atoms with Gasteiger partial charge in [-0.15, -0.1) is 0 Å². The van der Waals surface area contributed by atoms with E-state index >= 15 is 0 Å². The Morgan fingerprint density at radius 2 is 2.00 bits per heavy atom. The summed E-state index contributed by atoms with van der Waals surface area (Å²) in [6, 6.07) is 11.7. The Hall–Kier alpha value is -3.55. The lowest BCUT2D eigenvalue weighted by atomic mass is 10.2. The first kappa shape index (κ1) is 18.8. The van der Waals surface area contributed by atoms with Crippen LogP contribution in [0.2, 0.25) is 0 Å². The van der Waals surface area contributed by atoms with Crippen LogP contribution in [0.5, 0.6) is 11.5 Å². The van der Waals surface area contributed by atoms with Gasteiger partial charge in [-0.25, -0.2) is 10.2 Å². The van der Waals surface area contributed by atoms with Crippen LogP contribution in [0.4, 0.5) is 10.5 Å². The maximum atomic E-state index is 12.0. The average molecular weight is 356 g/mol. The molecule has 0 bridgehead atoms. The normalized spacial score (nSPS) is 10.4. The number of hydrazone groups is 1. The van der Waals surface area contributed by atoms with Crippen LogP contribution >= 0.6 is 0 Å². The third-order valence-corrected chi connectivity index (χ3v) is 3.24. The molecule has 0 spiro atoms. The van der Waals surface area contributed by atoms with Crippen LogP contribution in [0.25, 0.3) is 0 Å². The highest BCUT2D eigenvalue weighted by Gasteiger charge is 2.09. The molecule has 0 unspecified atom stereocenters. The average Bonchev–Trinajstić information content (AvgIpc) is 2.60. The Kier molecular flexibility index (Phi) is 6.55. The predicted octanol–water partition coefficient (Wildman–Crippen LogP) is 2.02. The molecular weight excluding hydrogens is 336 g/mol. The first-order valence-electron chi connectivity index (χ1n) is 7.74. The Morgan fingerprint density at radius 3 is 2.69 bits per heavy atom. The monoisotopic (exact) mass is 356 g/mol. The summed E-state index contributed by atoms with van der Waals surface area (Å²) in [5, 5.41) is 6.43. The van der Waals surface area contributed by atoms with E-state index in [4.69, 9.17) is 15.2 Å². The highest BCUT2D eigenvalue weighted by atomic mass is 16.5. The van der Waals surface area contributed by atoms with Crippen LogP contribution in [-0.2, 0) is 4.79 Å². The van der Waals surface area contributed by atoms with Crippen LogP contribution < -0.4 is 25.9 Å². The number of anilines is 1. The van der Waals surface area contributed by atoms with Crippen molar-refractivity contribution in [3.8, 4) is 11.5 Å². The molecule has 8 nitrogen and oxygen atoms in total. The molecule has 8 heteroatoms. The third-order valence-electron chi connectivity index (χ3n) is 3.24. The molecule has 2 rings (SSSR count). The largest absolute Gasteiger partial charge is 0.493 e. The lowest BCUT2D eigenvalue weighted by Crippen LogP contribution is -2.24. The molecular formula is C18H20N4O4. The number of nitrogens with two attached hydrogens (primary N) is 1. The number of rotatable bonds is 7. The first-order valence-corrected chi connectivity index (χ1v) is 7.74. The van der Waals surface area contributed by atoms with Crippen LogP contribution in [0, 0.1) is 6.92 Å². The standard InChI is InChI=1S/C18H20N4O4/c1-12-4-3-5-14(8-12)21-17(23)11-26-15-7-6-13(9-16(15)25-2)10-20-22-18(19)24/h3-10H,11H2,1-2H3,(H,21,23)(H3,19,22,24). The zero-order chi connectivity index (χ0) is 18.9.